The van der Waals surface area contributed by atoms with Gasteiger partial charge < -0.3 is 9.47 Å². The smallest absolute Gasteiger partial charge is 0.161 e. The zero-order valence-corrected chi connectivity index (χ0v) is 8.48. The van der Waals surface area contributed by atoms with Crippen LogP contribution in [-0.4, -0.2) is 19.0 Å². The Morgan fingerprint density at radius 3 is 2.79 bits per heavy atom. The quantitative estimate of drug-likeness (QED) is 0.716. The zero-order chi connectivity index (χ0) is 9.80. The van der Waals surface area contributed by atoms with Crippen LogP contribution in [0.3, 0.4) is 0 Å². The molecule has 0 radical (unpaired) electrons. The molecule has 2 atom stereocenters. The van der Waals surface area contributed by atoms with Crippen LogP contribution in [0, 0.1) is 0 Å². The molecular weight excluding hydrogens is 176 g/mol. The van der Waals surface area contributed by atoms with Gasteiger partial charge in [0, 0.05) is 6.42 Å². The number of hydrogen-bond donors (Lipinski definition) is 0. The van der Waals surface area contributed by atoms with Gasteiger partial charge in [0.15, 0.2) is 6.29 Å². The Morgan fingerprint density at radius 2 is 2.07 bits per heavy atom. The molecule has 0 saturated carbocycles. The van der Waals surface area contributed by atoms with Crippen molar-refractivity contribution >= 4 is 0 Å². The van der Waals surface area contributed by atoms with Gasteiger partial charge in [-0.15, -0.1) is 0 Å². The van der Waals surface area contributed by atoms with Crippen LogP contribution in [0.1, 0.15) is 18.9 Å². The summed E-state index contributed by atoms with van der Waals surface area (Å²) in [6, 6.07) is 10.3. The van der Waals surface area contributed by atoms with E-state index in [4.69, 9.17) is 9.47 Å². The Balaban J connectivity index is 1.91. The van der Waals surface area contributed by atoms with Crippen molar-refractivity contribution in [1.82, 2.24) is 0 Å². The Hall–Kier alpha value is -0.860. The van der Waals surface area contributed by atoms with Crippen molar-refractivity contribution < 1.29 is 9.47 Å². The molecule has 1 heterocycles. The van der Waals surface area contributed by atoms with E-state index < -0.39 is 0 Å². The molecule has 1 aliphatic rings. The fourth-order valence-electron chi connectivity index (χ4n) is 1.65. The van der Waals surface area contributed by atoms with Gasteiger partial charge in [0.25, 0.3) is 0 Å². The van der Waals surface area contributed by atoms with Gasteiger partial charge in [-0.1, -0.05) is 30.3 Å². The molecule has 0 bridgehead atoms. The van der Waals surface area contributed by atoms with E-state index in [9.17, 15) is 0 Å². The molecule has 14 heavy (non-hydrogen) atoms. The second-order valence-corrected chi connectivity index (χ2v) is 3.73. The molecule has 0 unspecified atom stereocenters. The summed E-state index contributed by atoms with van der Waals surface area (Å²) in [4.78, 5) is 0. The average molecular weight is 192 g/mol. The van der Waals surface area contributed by atoms with E-state index in [1.165, 1.54) is 5.56 Å². The largest absolute Gasteiger partial charge is 0.352 e. The molecular formula is C12H16O2. The summed E-state index contributed by atoms with van der Waals surface area (Å²) in [5, 5.41) is 0. The fourth-order valence-corrected chi connectivity index (χ4v) is 1.65. The standard InChI is InChI=1S/C12H16O2/c1-10-7-8-13-12(14-10)9-11-5-3-2-4-6-11/h2-6,10,12H,7-9H2,1H3/t10-,12-/m0/s1. The highest BCUT2D eigenvalue weighted by Crippen LogP contribution is 2.15. The van der Waals surface area contributed by atoms with Crippen molar-refractivity contribution in [3.05, 3.63) is 35.9 Å². The second kappa shape index (κ2) is 4.58. The zero-order valence-electron chi connectivity index (χ0n) is 8.48. The molecule has 1 fully saturated rings. The first-order valence-electron chi connectivity index (χ1n) is 5.15. The lowest BCUT2D eigenvalue weighted by atomic mass is 10.1. The van der Waals surface area contributed by atoms with Crippen molar-refractivity contribution in [3.8, 4) is 0 Å². The molecule has 1 aliphatic heterocycles. The van der Waals surface area contributed by atoms with Crippen molar-refractivity contribution in [1.29, 1.82) is 0 Å². The first-order chi connectivity index (χ1) is 6.84. The first kappa shape index (κ1) is 9.69. The van der Waals surface area contributed by atoms with Crippen molar-refractivity contribution in [2.75, 3.05) is 6.61 Å². The van der Waals surface area contributed by atoms with E-state index in [-0.39, 0.29) is 6.29 Å². The molecule has 0 spiro atoms. The molecule has 0 N–H and O–H groups in total. The monoisotopic (exact) mass is 192 g/mol. The molecule has 2 nitrogen and oxygen atoms in total. The summed E-state index contributed by atoms with van der Waals surface area (Å²) in [6.07, 6.45) is 2.13. The van der Waals surface area contributed by atoms with Gasteiger partial charge in [0.05, 0.1) is 12.7 Å². The number of ether oxygens (including phenoxy) is 2. The maximum Gasteiger partial charge on any atom is 0.161 e. The summed E-state index contributed by atoms with van der Waals surface area (Å²) in [7, 11) is 0. The Labute approximate surface area is 84.8 Å². The molecule has 76 valence electrons. The van der Waals surface area contributed by atoms with Gasteiger partial charge in [-0.05, 0) is 18.9 Å². The minimum absolute atomic E-state index is 0.0545. The summed E-state index contributed by atoms with van der Waals surface area (Å²) in [5.41, 5.74) is 1.27. The van der Waals surface area contributed by atoms with Crippen molar-refractivity contribution in [2.45, 2.75) is 32.2 Å². The Bertz CT molecular complexity index is 271. The third kappa shape index (κ3) is 2.56. The van der Waals surface area contributed by atoms with E-state index in [1.54, 1.807) is 0 Å². The molecule has 0 aliphatic carbocycles. The lowest BCUT2D eigenvalue weighted by Crippen LogP contribution is -2.31. The minimum atomic E-state index is -0.0545. The maximum absolute atomic E-state index is 5.67. The van der Waals surface area contributed by atoms with Gasteiger partial charge in [-0.3, -0.25) is 0 Å². The van der Waals surface area contributed by atoms with Crippen LogP contribution in [0.2, 0.25) is 0 Å². The van der Waals surface area contributed by atoms with Crippen LogP contribution in [0.5, 0.6) is 0 Å². The number of benzene rings is 1. The molecule has 0 aromatic heterocycles. The first-order valence-corrected chi connectivity index (χ1v) is 5.15. The van der Waals surface area contributed by atoms with E-state index >= 15 is 0 Å². The third-order valence-corrected chi connectivity index (χ3v) is 2.46. The Morgan fingerprint density at radius 1 is 1.29 bits per heavy atom. The molecule has 2 rings (SSSR count). The van der Waals surface area contributed by atoms with Crippen LogP contribution in [0.15, 0.2) is 30.3 Å². The van der Waals surface area contributed by atoms with Crippen molar-refractivity contribution in [3.63, 3.8) is 0 Å². The summed E-state index contributed by atoms with van der Waals surface area (Å²) >= 11 is 0. The summed E-state index contributed by atoms with van der Waals surface area (Å²) < 4.78 is 11.2. The van der Waals surface area contributed by atoms with E-state index in [0.29, 0.717) is 6.10 Å². The fraction of sp³-hybridized carbons (Fsp3) is 0.500. The molecule has 1 aromatic rings. The van der Waals surface area contributed by atoms with E-state index in [0.717, 1.165) is 19.4 Å². The molecule has 1 aromatic carbocycles. The molecule has 1 saturated heterocycles. The summed E-state index contributed by atoms with van der Waals surface area (Å²) in [5.74, 6) is 0. The van der Waals surface area contributed by atoms with Crippen molar-refractivity contribution in [2.24, 2.45) is 0 Å². The average Bonchev–Trinajstić information content (AvgIpc) is 2.19. The normalized spacial score (nSPS) is 27.5. The van der Waals surface area contributed by atoms with Crippen LogP contribution >= 0.6 is 0 Å². The number of hydrogen-bond acceptors (Lipinski definition) is 2. The predicted octanol–water partition coefficient (Wildman–Crippen LogP) is 2.38. The SMILES string of the molecule is C[C@H]1CCO[C@H](Cc2ccccc2)O1. The third-order valence-electron chi connectivity index (χ3n) is 2.46. The van der Waals surface area contributed by atoms with Gasteiger partial charge in [0.1, 0.15) is 0 Å². The van der Waals surface area contributed by atoms with Gasteiger partial charge in [-0.2, -0.15) is 0 Å². The highest BCUT2D eigenvalue weighted by atomic mass is 16.7. The second-order valence-electron chi connectivity index (χ2n) is 3.73. The lowest BCUT2D eigenvalue weighted by molar-refractivity contribution is -0.206. The topological polar surface area (TPSA) is 18.5 Å². The lowest BCUT2D eigenvalue weighted by Gasteiger charge is -2.28. The van der Waals surface area contributed by atoms with E-state index in [1.807, 2.05) is 18.2 Å². The minimum Gasteiger partial charge on any atom is -0.352 e. The predicted molar refractivity (Wildman–Crippen MR) is 55.1 cm³/mol. The molecule has 0 amide bonds. The van der Waals surface area contributed by atoms with Gasteiger partial charge in [0.2, 0.25) is 0 Å². The Kier molecular flexibility index (Phi) is 3.17. The van der Waals surface area contributed by atoms with Gasteiger partial charge >= 0.3 is 0 Å². The van der Waals surface area contributed by atoms with Gasteiger partial charge in [-0.25, -0.2) is 0 Å². The number of rotatable bonds is 2. The van der Waals surface area contributed by atoms with Crippen LogP contribution in [0.25, 0.3) is 0 Å². The van der Waals surface area contributed by atoms with E-state index in [2.05, 4.69) is 19.1 Å². The maximum atomic E-state index is 5.67. The molecule has 2 heteroatoms. The van der Waals surface area contributed by atoms with Crippen LogP contribution in [0.4, 0.5) is 0 Å². The summed E-state index contributed by atoms with van der Waals surface area (Å²) in [6.45, 7) is 2.92. The highest BCUT2D eigenvalue weighted by molar-refractivity contribution is 5.15. The highest BCUT2D eigenvalue weighted by Gasteiger charge is 2.19. The van der Waals surface area contributed by atoms with Crippen LogP contribution < -0.4 is 0 Å². The van der Waals surface area contributed by atoms with Crippen LogP contribution in [-0.2, 0) is 15.9 Å².